The van der Waals surface area contributed by atoms with Crippen molar-refractivity contribution in [2.45, 2.75) is 38.9 Å². The van der Waals surface area contributed by atoms with Crippen LogP contribution in [0, 0.1) is 0 Å². The monoisotopic (exact) mass is 559 g/mol. The van der Waals surface area contributed by atoms with Gasteiger partial charge in [0.15, 0.2) is 5.82 Å². The fraction of sp³-hybridized carbons (Fsp3) is 0.200. The van der Waals surface area contributed by atoms with E-state index in [4.69, 9.17) is 40.5 Å². The number of hydrogen-bond donors (Lipinski definition) is 2. The number of nitrogens with zero attached hydrogens (tertiary/aromatic N) is 3. The van der Waals surface area contributed by atoms with E-state index in [0.29, 0.717) is 23.1 Å². The molecule has 0 bridgehead atoms. The normalized spacial score (nSPS) is 12.9. The number of anilines is 1. The molecule has 0 fully saturated rings. The van der Waals surface area contributed by atoms with Crippen molar-refractivity contribution >= 4 is 51.7 Å². The Kier molecular flexibility index (Phi) is 7.11. The minimum Gasteiger partial charge on any atom is -0.378 e. The second kappa shape index (κ2) is 10.8. The van der Waals surface area contributed by atoms with Gasteiger partial charge in [-0.05, 0) is 55.2 Å². The van der Waals surface area contributed by atoms with Crippen LogP contribution in [-0.2, 0) is 26.1 Å². The summed E-state index contributed by atoms with van der Waals surface area (Å²) in [6, 6.07) is 26.0. The van der Waals surface area contributed by atoms with Crippen LogP contribution in [0.15, 0.2) is 78.9 Å². The summed E-state index contributed by atoms with van der Waals surface area (Å²) in [7, 11) is 0. The van der Waals surface area contributed by atoms with Gasteiger partial charge in [-0.2, -0.15) is 5.10 Å². The van der Waals surface area contributed by atoms with Crippen molar-refractivity contribution in [3.63, 3.8) is 0 Å². The molecule has 3 aromatic carbocycles. The van der Waals surface area contributed by atoms with Crippen molar-refractivity contribution in [2.24, 2.45) is 0 Å². The van der Waals surface area contributed by atoms with E-state index in [2.05, 4.69) is 33.4 Å². The number of aryl methyl sites for hydroxylation is 2. The van der Waals surface area contributed by atoms with Crippen molar-refractivity contribution in [1.29, 1.82) is 0 Å². The van der Waals surface area contributed by atoms with E-state index < -0.39 is 0 Å². The van der Waals surface area contributed by atoms with Crippen LogP contribution in [0.3, 0.4) is 0 Å². The molecule has 2 N–H and O–H groups in total. The molecule has 1 aliphatic rings. The van der Waals surface area contributed by atoms with Gasteiger partial charge in [-0.1, -0.05) is 84.0 Å². The zero-order chi connectivity index (χ0) is 26.1. The second-order valence-electron chi connectivity index (χ2n) is 9.47. The average Bonchev–Trinajstić information content (AvgIpc) is 3.33. The Morgan fingerprint density at radius 2 is 1.66 bits per heavy atom. The summed E-state index contributed by atoms with van der Waals surface area (Å²) in [5.41, 5.74) is 7.48. The lowest BCUT2D eigenvalue weighted by atomic mass is 9.98. The molecule has 5 aromatic rings. The first-order chi connectivity index (χ1) is 18.6. The lowest BCUT2D eigenvalue weighted by Gasteiger charge is -2.13. The summed E-state index contributed by atoms with van der Waals surface area (Å²) in [6.45, 7) is 2.13. The first kappa shape index (κ1) is 25.0. The number of rotatable bonds is 7. The van der Waals surface area contributed by atoms with Crippen LogP contribution in [0.2, 0.25) is 10.0 Å². The SMILES string of the molecule is S=C(NCc1ccccc1)c1c(-c2ccccc2Cl)c2c3n(c(CNc4ccc(Cl)cc4)nn13)CCCC2. The summed E-state index contributed by atoms with van der Waals surface area (Å²) < 4.78 is 4.38. The highest BCUT2D eigenvalue weighted by Gasteiger charge is 2.29. The third-order valence-electron chi connectivity index (χ3n) is 7.01. The summed E-state index contributed by atoms with van der Waals surface area (Å²) in [6.07, 6.45) is 3.12. The van der Waals surface area contributed by atoms with E-state index in [0.717, 1.165) is 64.8 Å². The van der Waals surface area contributed by atoms with Crippen molar-refractivity contribution < 1.29 is 0 Å². The van der Waals surface area contributed by atoms with Gasteiger partial charge >= 0.3 is 0 Å². The minimum atomic E-state index is 0.591. The highest BCUT2D eigenvalue weighted by Crippen LogP contribution is 2.39. The predicted molar refractivity (Wildman–Crippen MR) is 160 cm³/mol. The fourth-order valence-electron chi connectivity index (χ4n) is 5.21. The number of aromatic nitrogens is 3. The van der Waals surface area contributed by atoms with Crippen LogP contribution in [0.1, 0.15) is 35.5 Å². The molecule has 1 aliphatic heterocycles. The Balaban J connectivity index is 1.46. The van der Waals surface area contributed by atoms with E-state index in [1.807, 2.05) is 65.2 Å². The zero-order valence-electron chi connectivity index (χ0n) is 20.8. The molecule has 0 saturated heterocycles. The Bertz CT molecular complexity index is 1610. The molecule has 6 rings (SSSR count). The van der Waals surface area contributed by atoms with Gasteiger partial charge in [0.2, 0.25) is 0 Å². The third kappa shape index (κ3) is 4.80. The highest BCUT2D eigenvalue weighted by atomic mass is 35.5. The Morgan fingerprint density at radius 1 is 0.895 bits per heavy atom. The van der Waals surface area contributed by atoms with Gasteiger partial charge in [0.05, 0.1) is 6.54 Å². The molecule has 2 aromatic heterocycles. The summed E-state index contributed by atoms with van der Waals surface area (Å²) in [5.74, 6) is 0.968. The summed E-state index contributed by atoms with van der Waals surface area (Å²) in [5, 5.41) is 13.6. The van der Waals surface area contributed by atoms with Gasteiger partial charge in [0, 0.05) is 45.5 Å². The van der Waals surface area contributed by atoms with Crippen molar-refractivity contribution in [2.75, 3.05) is 5.32 Å². The van der Waals surface area contributed by atoms with Crippen LogP contribution in [0.25, 0.3) is 16.8 Å². The largest absolute Gasteiger partial charge is 0.378 e. The number of nitrogens with one attached hydrogen (secondary N) is 2. The standard InChI is InChI=1S/C30H27Cl2N5S/c31-21-13-15-22(16-14-21)33-19-26-35-37-28(29(38)34-18-20-8-2-1-3-9-20)27(23-10-4-5-12-25(23)32)24-11-6-7-17-36(26)30(24)37/h1-5,8-10,12-16,33H,6-7,11,17-19H2,(H,34,38). The maximum Gasteiger partial charge on any atom is 0.150 e. The maximum atomic E-state index is 6.77. The molecule has 0 radical (unpaired) electrons. The molecule has 5 nitrogen and oxygen atoms in total. The van der Waals surface area contributed by atoms with Crippen molar-refractivity contribution in [3.05, 3.63) is 112 Å². The molecule has 0 atom stereocenters. The first-order valence-electron chi connectivity index (χ1n) is 12.8. The first-order valence-corrected chi connectivity index (χ1v) is 14.0. The average molecular weight is 561 g/mol. The van der Waals surface area contributed by atoms with Crippen LogP contribution < -0.4 is 10.6 Å². The van der Waals surface area contributed by atoms with E-state index in [1.54, 1.807) is 0 Å². The molecule has 3 heterocycles. The van der Waals surface area contributed by atoms with Gasteiger partial charge < -0.3 is 15.2 Å². The van der Waals surface area contributed by atoms with Gasteiger partial charge in [-0.3, -0.25) is 0 Å². The number of thiocarbonyl (C=S) groups is 1. The minimum absolute atomic E-state index is 0.591. The predicted octanol–water partition coefficient (Wildman–Crippen LogP) is 7.52. The Hall–Kier alpha value is -3.32. The fourth-order valence-corrected chi connectivity index (χ4v) is 5.83. The molecule has 8 heteroatoms. The third-order valence-corrected chi connectivity index (χ3v) is 7.93. The van der Waals surface area contributed by atoms with Crippen LogP contribution in [-0.4, -0.2) is 19.2 Å². The quantitative estimate of drug-likeness (QED) is 0.202. The molecule has 0 unspecified atom stereocenters. The second-order valence-corrected chi connectivity index (χ2v) is 10.7. The lowest BCUT2D eigenvalue weighted by molar-refractivity contribution is 0.619. The van der Waals surface area contributed by atoms with Crippen LogP contribution in [0.4, 0.5) is 5.69 Å². The molecular formula is C30H27Cl2N5S. The summed E-state index contributed by atoms with van der Waals surface area (Å²) >= 11 is 18.9. The van der Waals surface area contributed by atoms with Crippen LogP contribution in [0.5, 0.6) is 0 Å². The summed E-state index contributed by atoms with van der Waals surface area (Å²) in [4.78, 5) is 0.660. The van der Waals surface area contributed by atoms with Crippen LogP contribution >= 0.6 is 35.4 Å². The zero-order valence-corrected chi connectivity index (χ0v) is 23.1. The Labute approximate surface area is 237 Å². The van der Waals surface area contributed by atoms with Crippen molar-refractivity contribution in [3.8, 4) is 11.1 Å². The van der Waals surface area contributed by atoms with Gasteiger partial charge in [-0.15, -0.1) is 0 Å². The van der Waals surface area contributed by atoms with Gasteiger partial charge in [-0.25, -0.2) is 4.52 Å². The molecule has 0 spiro atoms. The van der Waals surface area contributed by atoms with Crippen molar-refractivity contribution in [1.82, 2.24) is 19.5 Å². The molecule has 38 heavy (non-hydrogen) atoms. The van der Waals surface area contributed by atoms with E-state index in [9.17, 15) is 0 Å². The van der Waals surface area contributed by atoms with E-state index in [1.165, 1.54) is 11.1 Å². The van der Waals surface area contributed by atoms with E-state index in [-0.39, 0.29) is 0 Å². The van der Waals surface area contributed by atoms with Gasteiger partial charge in [0.25, 0.3) is 0 Å². The number of hydrogen-bond acceptors (Lipinski definition) is 3. The Morgan fingerprint density at radius 3 is 2.45 bits per heavy atom. The molecular weight excluding hydrogens is 533 g/mol. The topological polar surface area (TPSA) is 46.3 Å². The smallest absolute Gasteiger partial charge is 0.150 e. The number of benzene rings is 3. The highest BCUT2D eigenvalue weighted by molar-refractivity contribution is 7.80. The lowest BCUT2D eigenvalue weighted by Crippen LogP contribution is -2.24. The molecule has 0 aliphatic carbocycles. The van der Waals surface area contributed by atoms with E-state index >= 15 is 0 Å². The molecule has 0 amide bonds. The maximum absolute atomic E-state index is 6.77. The molecule has 0 saturated carbocycles. The molecule has 192 valence electrons. The number of halogens is 2. The van der Waals surface area contributed by atoms with Gasteiger partial charge in [0.1, 0.15) is 16.3 Å².